The van der Waals surface area contributed by atoms with E-state index in [4.69, 9.17) is 4.74 Å². The number of nitrogens with zero attached hydrogens (tertiary/aromatic N) is 2. The highest BCUT2D eigenvalue weighted by Crippen LogP contribution is 2.35. The summed E-state index contributed by atoms with van der Waals surface area (Å²) in [7, 11) is 0. The molecule has 2 heterocycles. The van der Waals surface area contributed by atoms with Gasteiger partial charge >= 0.3 is 5.69 Å². The van der Waals surface area contributed by atoms with E-state index in [1.807, 2.05) is 18.2 Å². The number of para-hydroxylation sites is 1. The molecule has 2 aromatic carbocycles. The van der Waals surface area contributed by atoms with Crippen molar-refractivity contribution >= 4 is 30.5 Å². The molecule has 28 heavy (non-hydrogen) atoms. The van der Waals surface area contributed by atoms with E-state index in [0.29, 0.717) is 5.75 Å². The van der Waals surface area contributed by atoms with Crippen molar-refractivity contribution in [2.45, 2.75) is 18.9 Å². The topological polar surface area (TPSA) is 93.1 Å². The molecular formula is C19H20Cl2N4O3. The van der Waals surface area contributed by atoms with Crippen LogP contribution in [0.25, 0.3) is 11.3 Å². The minimum atomic E-state index is -0.442. The summed E-state index contributed by atoms with van der Waals surface area (Å²) in [4.78, 5) is 18.7. The van der Waals surface area contributed by atoms with E-state index < -0.39 is 4.92 Å². The number of halogens is 2. The minimum Gasteiger partial charge on any atom is -0.450 e. The van der Waals surface area contributed by atoms with Gasteiger partial charge in [0, 0.05) is 11.6 Å². The SMILES string of the molecule is Cl.Cl.O=[N+]([O-])c1ccc(-c2cnc([C@@H]3CCCN3)[nH]2)cc1Oc1ccccc1. The third-order valence-corrected chi connectivity index (χ3v) is 4.42. The lowest BCUT2D eigenvalue weighted by Gasteiger charge is -2.08. The lowest BCUT2D eigenvalue weighted by molar-refractivity contribution is -0.385. The second-order valence-corrected chi connectivity index (χ2v) is 6.19. The van der Waals surface area contributed by atoms with Crippen molar-refractivity contribution in [2.75, 3.05) is 6.54 Å². The Kier molecular flexibility index (Phi) is 7.39. The molecule has 1 aromatic heterocycles. The van der Waals surface area contributed by atoms with Crippen LogP contribution in [0.2, 0.25) is 0 Å². The second-order valence-electron chi connectivity index (χ2n) is 6.19. The van der Waals surface area contributed by atoms with Gasteiger partial charge in [-0.1, -0.05) is 18.2 Å². The average Bonchev–Trinajstić information content (AvgIpc) is 3.34. The Bertz CT molecular complexity index is 928. The number of ether oxygens (including phenoxy) is 1. The zero-order valence-electron chi connectivity index (χ0n) is 14.8. The number of rotatable bonds is 5. The molecule has 0 unspecified atom stereocenters. The highest BCUT2D eigenvalue weighted by atomic mass is 35.5. The first kappa shape index (κ1) is 21.7. The smallest absolute Gasteiger partial charge is 0.311 e. The number of hydrogen-bond donors (Lipinski definition) is 2. The van der Waals surface area contributed by atoms with Gasteiger partial charge in [-0.3, -0.25) is 10.1 Å². The van der Waals surface area contributed by atoms with Gasteiger partial charge in [-0.25, -0.2) is 4.98 Å². The quantitative estimate of drug-likeness (QED) is 0.443. The van der Waals surface area contributed by atoms with Gasteiger partial charge in [0.1, 0.15) is 11.6 Å². The van der Waals surface area contributed by atoms with E-state index in [9.17, 15) is 10.1 Å². The monoisotopic (exact) mass is 422 g/mol. The van der Waals surface area contributed by atoms with Crippen molar-refractivity contribution in [1.82, 2.24) is 15.3 Å². The predicted molar refractivity (Wildman–Crippen MR) is 112 cm³/mol. The standard InChI is InChI=1S/C19H18N4O3.2ClH/c24-23(25)17-9-8-13(11-18(17)26-14-5-2-1-3-6-14)16-12-21-19(22-16)15-7-4-10-20-15;;/h1-3,5-6,8-9,11-12,15,20H,4,7,10H2,(H,21,22);2*1H/t15-;;/m0../s1. The maximum absolute atomic E-state index is 11.3. The first-order valence-corrected chi connectivity index (χ1v) is 8.51. The summed E-state index contributed by atoms with van der Waals surface area (Å²) in [6, 6.07) is 14.1. The molecule has 4 rings (SSSR count). The Morgan fingerprint density at radius 1 is 1.14 bits per heavy atom. The predicted octanol–water partition coefficient (Wildman–Crippen LogP) is 5.05. The van der Waals surface area contributed by atoms with Crippen LogP contribution in [0.5, 0.6) is 11.5 Å². The minimum absolute atomic E-state index is 0. The largest absolute Gasteiger partial charge is 0.450 e. The number of aromatic nitrogens is 2. The summed E-state index contributed by atoms with van der Waals surface area (Å²) in [6.07, 6.45) is 3.94. The Balaban J connectivity index is 0.00000140. The van der Waals surface area contributed by atoms with E-state index in [-0.39, 0.29) is 42.3 Å². The Labute approximate surface area is 174 Å². The summed E-state index contributed by atoms with van der Waals surface area (Å²) < 4.78 is 5.75. The van der Waals surface area contributed by atoms with Crippen LogP contribution in [0.3, 0.4) is 0 Å². The molecule has 1 aliphatic heterocycles. The van der Waals surface area contributed by atoms with Crippen LogP contribution >= 0.6 is 24.8 Å². The van der Waals surface area contributed by atoms with Gasteiger partial charge in [-0.15, -0.1) is 24.8 Å². The maximum atomic E-state index is 11.3. The van der Waals surface area contributed by atoms with Gasteiger partial charge in [0.25, 0.3) is 0 Å². The molecule has 1 saturated heterocycles. The summed E-state index contributed by atoms with van der Waals surface area (Å²) >= 11 is 0. The fourth-order valence-electron chi connectivity index (χ4n) is 3.11. The molecule has 1 fully saturated rings. The Hall–Kier alpha value is -2.61. The lowest BCUT2D eigenvalue weighted by Crippen LogP contribution is -2.14. The summed E-state index contributed by atoms with van der Waals surface area (Å²) in [6.45, 7) is 0.993. The number of nitro benzene ring substituents is 1. The number of benzene rings is 2. The molecule has 9 heteroatoms. The number of aromatic amines is 1. The summed E-state index contributed by atoms with van der Waals surface area (Å²) in [5, 5.41) is 14.7. The average molecular weight is 423 g/mol. The van der Waals surface area contributed by atoms with Gasteiger partial charge in [0.05, 0.1) is 22.9 Å². The van der Waals surface area contributed by atoms with Gasteiger partial charge in [0.15, 0.2) is 0 Å². The van der Waals surface area contributed by atoms with Gasteiger partial charge in [-0.2, -0.15) is 0 Å². The van der Waals surface area contributed by atoms with E-state index >= 15 is 0 Å². The molecule has 0 saturated carbocycles. The van der Waals surface area contributed by atoms with Crippen molar-refractivity contribution in [3.63, 3.8) is 0 Å². The molecular weight excluding hydrogens is 403 g/mol. The fraction of sp³-hybridized carbons (Fsp3) is 0.211. The number of nitrogens with one attached hydrogen (secondary N) is 2. The number of H-pyrrole nitrogens is 1. The van der Waals surface area contributed by atoms with Crippen molar-refractivity contribution in [3.8, 4) is 22.8 Å². The highest BCUT2D eigenvalue weighted by molar-refractivity contribution is 5.85. The van der Waals surface area contributed by atoms with Gasteiger partial charge in [-0.05, 0) is 43.7 Å². The molecule has 7 nitrogen and oxygen atoms in total. The molecule has 2 N–H and O–H groups in total. The van der Waals surface area contributed by atoms with E-state index in [1.54, 1.807) is 30.5 Å². The fourth-order valence-corrected chi connectivity index (χ4v) is 3.11. The molecule has 0 amide bonds. The molecule has 0 bridgehead atoms. The van der Waals surface area contributed by atoms with E-state index in [1.165, 1.54) is 6.07 Å². The normalized spacial score (nSPS) is 15.4. The third-order valence-electron chi connectivity index (χ3n) is 4.42. The second kappa shape index (κ2) is 9.54. The first-order valence-electron chi connectivity index (χ1n) is 8.51. The van der Waals surface area contributed by atoms with Gasteiger partial charge < -0.3 is 15.0 Å². The van der Waals surface area contributed by atoms with Gasteiger partial charge in [0.2, 0.25) is 5.75 Å². The summed E-state index contributed by atoms with van der Waals surface area (Å²) in [5.74, 6) is 1.64. The van der Waals surface area contributed by atoms with Crippen molar-refractivity contribution < 1.29 is 9.66 Å². The number of nitro groups is 1. The number of hydrogen-bond acceptors (Lipinski definition) is 5. The maximum Gasteiger partial charge on any atom is 0.311 e. The van der Waals surface area contributed by atoms with Crippen LogP contribution in [0.1, 0.15) is 24.7 Å². The van der Waals surface area contributed by atoms with Crippen molar-refractivity contribution in [3.05, 3.63) is 70.7 Å². The van der Waals surface area contributed by atoms with E-state index in [2.05, 4.69) is 15.3 Å². The zero-order chi connectivity index (χ0) is 17.9. The molecule has 1 atom stereocenters. The highest BCUT2D eigenvalue weighted by Gasteiger charge is 2.21. The molecule has 0 radical (unpaired) electrons. The molecule has 3 aromatic rings. The van der Waals surface area contributed by atoms with Crippen LogP contribution in [0, 0.1) is 10.1 Å². The zero-order valence-corrected chi connectivity index (χ0v) is 16.5. The molecule has 1 aliphatic rings. The molecule has 148 valence electrons. The lowest BCUT2D eigenvalue weighted by atomic mass is 10.1. The first-order chi connectivity index (χ1) is 12.7. The van der Waals surface area contributed by atoms with Crippen LogP contribution in [-0.2, 0) is 0 Å². The van der Waals surface area contributed by atoms with Crippen LogP contribution in [0.4, 0.5) is 5.69 Å². The Morgan fingerprint density at radius 3 is 2.61 bits per heavy atom. The third kappa shape index (κ3) is 4.62. The van der Waals surface area contributed by atoms with Crippen LogP contribution in [-0.4, -0.2) is 21.4 Å². The number of imidazole rings is 1. The summed E-state index contributed by atoms with van der Waals surface area (Å²) in [5.41, 5.74) is 1.52. The van der Waals surface area contributed by atoms with Crippen LogP contribution < -0.4 is 10.1 Å². The van der Waals surface area contributed by atoms with E-state index in [0.717, 1.165) is 36.5 Å². The van der Waals surface area contributed by atoms with Crippen LogP contribution in [0.15, 0.2) is 54.7 Å². The van der Waals surface area contributed by atoms with Crippen molar-refractivity contribution in [2.24, 2.45) is 0 Å². The molecule has 0 aliphatic carbocycles. The molecule has 0 spiro atoms. The Morgan fingerprint density at radius 2 is 1.93 bits per heavy atom. The van der Waals surface area contributed by atoms with Crippen molar-refractivity contribution in [1.29, 1.82) is 0 Å².